The molecule has 2 amide bonds. The number of hydrogen-bond acceptors (Lipinski definition) is 4. The number of rotatable bonds is 6. The Morgan fingerprint density at radius 1 is 0.938 bits per heavy atom. The molecule has 8 heteroatoms. The molecule has 1 aliphatic rings. The summed E-state index contributed by atoms with van der Waals surface area (Å²) < 4.78 is 28.1. The van der Waals surface area contributed by atoms with Crippen LogP contribution in [0.4, 0.5) is 17.1 Å². The molecule has 0 radical (unpaired) electrons. The van der Waals surface area contributed by atoms with Crippen LogP contribution in [0.25, 0.3) is 0 Å². The van der Waals surface area contributed by atoms with Crippen LogP contribution in [-0.4, -0.2) is 26.8 Å². The maximum Gasteiger partial charge on any atom is 0.261 e. The van der Waals surface area contributed by atoms with E-state index in [2.05, 4.69) is 10.0 Å². The molecule has 0 bridgehead atoms. The first-order valence-corrected chi connectivity index (χ1v) is 11.7. The number of benzene rings is 3. The fourth-order valence-electron chi connectivity index (χ4n) is 3.58. The number of sulfonamides is 1. The monoisotopic (exact) mass is 449 g/mol. The maximum absolute atomic E-state index is 12.8. The third-order valence-electron chi connectivity index (χ3n) is 5.19. The molecule has 3 aromatic carbocycles. The van der Waals surface area contributed by atoms with Gasteiger partial charge in [0, 0.05) is 35.6 Å². The van der Waals surface area contributed by atoms with E-state index in [1.165, 1.54) is 18.2 Å². The standard InChI is InChI=1S/C24H23N3O4S/c1-17-5-2-7-20(15-17)26-32(30,31)22-8-3-6-18(16-22)24(29)25-19-10-12-21(13-11-19)27-14-4-9-23(27)28/h2-3,5-8,10-13,15-16,26H,4,9,14H2,1H3,(H,25,29). The van der Waals surface area contributed by atoms with Crippen LogP contribution < -0.4 is 14.9 Å². The van der Waals surface area contributed by atoms with Gasteiger partial charge in [0.05, 0.1) is 4.90 Å². The van der Waals surface area contributed by atoms with Crippen molar-refractivity contribution < 1.29 is 18.0 Å². The van der Waals surface area contributed by atoms with Crippen LogP contribution in [0.1, 0.15) is 28.8 Å². The molecule has 0 saturated carbocycles. The van der Waals surface area contributed by atoms with Gasteiger partial charge in [0.15, 0.2) is 0 Å². The predicted octanol–water partition coefficient (Wildman–Crippen LogP) is 4.17. The van der Waals surface area contributed by atoms with Crippen LogP contribution in [0.3, 0.4) is 0 Å². The summed E-state index contributed by atoms with van der Waals surface area (Å²) >= 11 is 0. The van der Waals surface area contributed by atoms with Crippen LogP contribution >= 0.6 is 0 Å². The summed E-state index contributed by atoms with van der Waals surface area (Å²) in [5.74, 6) is -0.332. The minimum absolute atomic E-state index is 0.00505. The Hall–Kier alpha value is -3.65. The van der Waals surface area contributed by atoms with Crippen molar-refractivity contribution in [1.82, 2.24) is 0 Å². The van der Waals surface area contributed by atoms with Gasteiger partial charge in [-0.25, -0.2) is 8.42 Å². The lowest BCUT2D eigenvalue weighted by Crippen LogP contribution is -2.23. The molecule has 3 aromatic rings. The molecule has 32 heavy (non-hydrogen) atoms. The number of amides is 2. The number of hydrogen-bond donors (Lipinski definition) is 2. The van der Waals surface area contributed by atoms with Crippen molar-refractivity contribution in [2.75, 3.05) is 21.5 Å². The van der Waals surface area contributed by atoms with Gasteiger partial charge in [-0.3, -0.25) is 14.3 Å². The number of carbonyl (C=O) groups is 2. The Kier molecular flexibility index (Phi) is 5.96. The van der Waals surface area contributed by atoms with Crippen LogP contribution in [0.15, 0.2) is 77.7 Å². The molecule has 0 aromatic heterocycles. The number of aryl methyl sites for hydroxylation is 1. The van der Waals surface area contributed by atoms with Gasteiger partial charge in [0.2, 0.25) is 5.91 Å². The zero-order chi connectivity index (χ0) is 22.7. The van der Waals surface area contributed by atoms with E-state index in [-0.39, 0.29) is 16.4 Å². The molecule has 0 atom stereocenters. The second-order valence-corrected chi connectivity index (χ2v) is 9.34. The largest absolute Gasteiger partial charge is 0.322 e. The van der Waals surface area contributed by atoms with E-state index >= 15 is 0 Å². The fourth-order valence-corrected chi connectivity index (χ4v) is 4.67. The normalized spacial score (nSPS) is 13.8. The van der Waals surface area contributed by atoms with Gasteiger partial charge in [-0.15, -0.1) is 0 Å². The summed E-state index contributed by atoms with van der Waals surface area (Å²) in [5, 5.41) is 2.77. The highest BCUT2D eigenvalue weighted by Gasteiger charge is 2.21. The third-order valence-corrected chi connectivity index (χ3v) is 6.57. The lowest BCUT2D eigenvalue weighted by atomic mass is 10.2. The van der Waals surface area contributed by atoms with Crippen LogP contribution in [0, 0.1) is 6.92 Å². The van der Waals surface area contributed by atoms with Gasteiger partial charge in [-0.2, -0.15) is 0 Å². The van der Waals surface area contributed by atoms with Crippen LogP contribution in [0.5, 0.6) is 0 Å². The Balaban J connectivity index is 1.48. The molecule has 1 heterocycles. The summed E-state index contributed by atoms with van der Waals surface area (Å²) in [6.45, 7) is 2.57. The lowest BCUT2D eigenvalue weighted by molar-refractivity contribution is -0.117. The molecule has 0 spiro atoms. The molecular formula is C24H23N3O4S. The molecule has 4 rings (SSSR count). The Morgan fingerprint density at radius 3 is 2.38 bits per heavy atom. The Bertz CT molecular complexity index is 1270. The van der Waals surface area contributed by atoms with E-state index in [4.69, 9.17) is 0 Å². The average molecular weight is 450 g/mol. The number of nitrogens with zero attached hydrogens (tertiary/aromatic N) is 1. The molecule has 1 fully saturated rings. The van der Waals surface area contributed by atoms with Gasteiger partial charge in [-0.05, 0) is 73.5 Å². The molecule has 2 N–H and O–H groups in total. The Morgan fingerprint density at radius 2 is 1.69 bits per heavy atom. The highest BCUT2D eigenvalue weighted by molar-refractivity contribution is 7.92. The van der Waals surface area contributed by atoms with Crippen molar-refractivity contribution in [2.45, 2.75) is 24.7 Å². The topological polar surface area (TPSA) is 95.6 Å². The van der Waals surface area contributed by atoms with Crippen molar-refractivity contribution in [1.29, 1.82) is 0 Å². The van der Waals surface area contributed by atoms with E-state index in [0.717, 1.165) is 17.7 Å². The van der Waals surface area contributed by atoms with E-state index < -0.39 is 15.9 Å². The summed E-state index contributed by atoms with van der Waals surface area (Å²) in [6, 6.07) is 19.9. The third kappa shape index (κ3) is 4.81. The molecule has 164 valence electrons. The van der Waals surface area contributed by atoms with Crippen LogP contribution in [-0.2, 0) is 14.8 Å². The number of anilines is 3. The molecular weight excluding hydrogens is 426 g/mol. The van der Waals surface area contributed by atoms with Crippen molar-refractivity contribution in [3.63, 3.8) is 0 Å². The van der Waals surface area contributed by atoms with E-state index in [0.29, 0.717) is 24.3 Å². The SMILES string of the molecule is Cc1cccc(NS(=O)(=O)c2cccc(C(=O)Nc3ccc(N4CCCC4=O)cc3)c2)c1. The van der Waals surface area contributed by atoms with Crippen molar-refractivity contribution >= 4 is 38.9 Å². The Labute approximate surface area is 187 Å². The van der Waals surface area contributed by atoms with E-state index in [1.54, 1.807) is 53.4 Å². The summed E-state index contributed by atoms with van der Waals surface area (Å²) in [5.41, 5.74) is 2.95. The lowest BCUT2D eigenvalue weighted by Gasteiger charge is -2.16. The quantitative estimate of drug-likeness (QED) is 0.590. The minimum Gasteiger partial charge on any atom is -0.322 e. The van der Waals surface area contributed by atoms with Crippen molar-refractivity contribution in [3.05, 3.63) is 83.9 Å². The molecule has 1 aliphatic heterocycles. The number of nitrogens with one attached hydrogen (secondary N) is 2. The smallest absolute Gasteiger partial charge is 0.261 e. The molecule has 0 aliphatic carbocycles. The molecule has 1 saturated heterocycles. The van der Waals surface area contributed by atoms with Crippen molar-refractivity contribution in [2.24, 2.45) is 0 Å². The first kappa shape index (κ1) is 21.6. The minimum atomic E-state index is -3.85. The average Bonchev–Trinajstić information content (AvgIpc) is 3.20. The highest BCUT2D eigenvalue weighted by atomic mass is 32.2. The predicted molar refractivity (Wildman–Crippen MR) is 124 cm³/mol. The number of carbonyl (C=O) groups excluding carboxylic acids is 2. The van der Waals surface area contributed by atoms with E-state index in [1.807, 2.05) is 13.0 Å². The summed E-state index contributed by atoms with van der Waals surface area (Å²) in [6.07, 6.45) is 1.39. The van der Waals surface area contributed by atoms with Gasteiger partial charge >= 0.3 is 0 Å². The van der Waals surface area contributed by atoms with Gasteiger partial charge in [-0.1, -0.05) is 18.2 Å². The fraction of sp³-hybridized carbons (Fsp3) is 0.167. The second-order valence-electron chi connectivity index (χ2n) is 7.65. The second kappa shape index (κ2) is 8.84. The summed E-state index contributed by atoms with van der Waals surface area (Å²) in [7, 11) is -3.85. The van der Waals surface area contributed by atoms with Gasteiger partial charge in [0.1, 0.15) is 0 Å². The maximum atomic E-state index is 12.8. The van der Waals surface area contributed by atoms with Gasteiger partial charge in [0.25, 0.3) is 15.9 Å². The van der Waals surface area contributed by atoms with Gasteiger partial charge < -0.3 is 10.2 Å². The first-order valence-electron chi connectivity index (χ1n) is 10.2. The zero-order valence-electron chi connectivity index (χ0n) is 17.5. The van der Waals surface area contributed by atoms with E-state index in [9.17, 15) is 18.0 Å². The van der Waals surface area contributed by atoms with Crippen LogP contribution in [0.2, 0.25) is 0 Å². The molecule has 7 nitrogen and oxygen atoms in total. The first-order chi connectivity index (χ1) is 15.3. The zero-order valence-corrected chi connectivity index (χ0v) is 18.4. The molecule has 0 unspecified atom stereocenters. The highest BCUT2D eigenvalue weighted by Crippen LogP contribution is 2.24. The summed E-state index contributed by atoms with van der Waals surface area (Å²) in [4.78, 5) is 26.3. The van der Waals surface area contributed by atoms with Crippen molar-refractivity contribution in [3.8, 4) is 0 Å².